The summed E-state index contributed by atoms with van der Waals surface area (Å²) in [6, 6.07) is 9.65. The fourth-order valence-electron chi connectivity index (χ4n) is 2.32. The molecule has 0 spiro atoms. The lowest BCUT2D eigenvalue weighted by atomic mass is 9.88. The zero-order valence-corrected chi connectivity index (χ0v) is 13.3. The second-order valence-electron chi connectivity index (χ2n) is 6.10. The zero-order valence-electron chi connectivity index (χ0n) is 13.3. The van der Waals surface area contributed by atoms with E-state index in [1.165, 1.54) is 0 Å². The normalized spacial score (nSPS) is 11.5. The van der Waals surface area contributed by atoms with Gasteiger partial charge in [0.1, 0.15) is 17.0 Å². The van der Waals surface area contributed by atoms with Gasteiger partial charge in [0.25, 0.3) is 5.91 Å². The molecule has 21 heavy (non-hydrogen) atoms. The Morgan fingerprint density at radius 2 is 1.86 bits per heavy atom. The first kappa shape index (κ1) is 15.3. The van der Waals surface area contributed by atoms with Crippen molar-refractivity contribution in [2.75, 3.05) is 11.4 Å². The molecule has 0 aliphatic heterocycles. The molecule has 1 heterocycles. The van der Waals surface area contributed by atoms with Crippen molar-refractivity contribution in [2.45, 2.75) is 40.0 Å². The van der Waals surface area contributed by atoms with Crippen molar-refractivity contribution in [2.24, 2.45) is 0 Å². The molecule has 1 amide bonds. The van der Waals surface area contributed by atoms with E-state index in [0.717, 1.165) is 5.69 Å². The van der Waals surface area contributed by atoms with Crippen molar-refractivity contribution in [3.05, 3.63) is 47.3 Å². The van der Waals surface area contributed by atoms with Crippen LogP contribution in [-0.4, -0.2) is 17.6 Å². The van der Waals surface area contributed by atoms with Gasteiger partial charge in [-0.25, -0.2) is 0 Å². The fraction of sp³-hybridized carbons (Fsp3) is 0.412. The van der Waals surface area contributed by atoms with Gasteiger partial charge >= 0.3 is 0 Å². The lowest BCUT2D eigenvalue weighted by Crippen LogP contribution is -2.32. The Hall–Kier alpha value is -2.10. The van der Waals surface area contributed by atoms with E-state index in [1.54, 1.807) is 11.8 Å². The molecule has 2 rings (SSSR count). The first-order valence-corrected chi connectivity index (χ1v) is 7.20. The number of aromatic nitrogens is 1. The van der Waals surface area contributed by atoms with Gasteiger partial charge in [-0.15, -0.1) is 0 Å². The van der Waals surface area contributed by atoms with E-state index in [2.05, 4.69) is 5.16 Å². The van der Waals surface area contributed by atoms with E-state index < -0.39 is 0 Å². The number of benzene rings is 1. The smallest absolute Gasteiger partial charge is 0.263 e. The van der Waals surface area contributed by atoms with Crippen molar-refractivity contribution in [3.63, 3.8) is 0 Å². The van der Waals surface area contributed by atoms with Crippen LogP contribution in [0.2, 0.25) is 0 Å². The highest BCUT2D eigenvalue weighted by atomic mass is 16.5. The van der Waals surface area contributed by atoms with Crippen LogP contribution in [0.3, 0.4) is 0 Å². The van der Waals surface area contributed by atoms with Gasteiger partial charge in [-0.3, -0.25) is 4.79 Å². The van der Waals surface area contributed by atoms with Gasteiger partial charge in [0.05, 0.1) is 0 Å². The number of amides is 1. The lowest BCUT2D eigenvalue weighted by molar-refractivity contribution is 0.0985. The summed E-state index contributed by atoms with van der Waals surface area (Å²) in [5.74, 6) is 0.506. The molecule has 0 saturated heterocycles. The summed E-state index contributed by atoms with van der Waals surface area (Å²) in [4.78, 5) is 14.7. The number of nitrogens with zero attached hydrogens (tertiary/aromatic N) is 2. The van der Waals surface area contributed by atoms with Gasteiger partial charge in [0.2, 0.25) is 0 Å². The quantitative estimate of drug-likeness (QED) is 0.858. The number of rotatable bonds is 3. The number of carbonyl (C=O) groups excluding carboxylic acids is 1. The predicted molar refractivity (Wildman–Crippen MR) is 83.7 cm³/mol. The van der Waals surface area contributed by atoms with Crippen LogP contribution in [0.5, 0.6) is 0 Å². The number of carbonyl (C=O) groups is 1. The predicted octanol–water partition coefficient (Wildman–Crippen LogP) is 3.95. The highest BCUT2D eigenvalue weighted by Gasteiger charge is 2.31. The average molecular weight is 286 g/mol. The average Bonchev–Trinajstić information content (AvgIpc) is 2.82. The SMILES string of the molecule is CCN(C(=O)c1c(C(C)(C)C)noc1C)c1ccccc1. The molecule has 0 aliphatic carbocycles. The minimum Gasteiger partial charge on any atom is -0.361 e. The lowest BCUT2D eigenvalue weighted by Gasteiger charge is -2.23. The van der Waals surface area contributed by atoms with Crippen LogP contribution in [0.4, 0.5) is 5.69 Å². The molecule has 4 nitrogen and oxygen atoms in total. The summed E-state index contributed by atoms with van der Waals surface area (Å²) in [6.07, 6.45) is 0. The highest BCUT2D eigenvalue weighted by molar-refractivity contribution is 6.07. The van der Waals surface area contributed by atoms with E-state index in [1.807, 2.05) is 58.0 Å². The largest absolute Gasteiger partial charge is 0.361 e. The van der Waals surface area contributed by atoms with Crippen LogP contribution in [0, 0.1) is 6.92 Å². The molecular formula is C17H22N2O2. The van der Waals surface area contributed by atoms with Gasteiger partial charge in [-0.2, -0.15) is 0 Å². The first-order valence-electron chi connectivity index (χ1n) is 7.20. The van der Waals surface area contributed by atoms with E-state index in [4.69, 9.17) is 4.52 Å². The Labute approximate surface area is 125 Å². The minimum absolute atomic E-state index is 0.0626. The van der Waals surface area contributed by atoms with Crippen molar-refractivity contribution in [1.29, 1.82) is 0 Å². The fourth-order valence-corrected chi connectivity index (χ4v) is 2.32. The molecule has 4 heteroatoms. The molecule has 0 saturated carbocycles. The van der Waals surface area contributed by atoms with Crippen LogP contribution >= 0.6 is 0 Å². The van der Waals surface area contributed by atoms with Gasteiger partial charge < -0.3 is 9.42 Å². The number of para-hydroxylation sites is 1. The van der Waals surface area contributed by atoms with E-state index in [-0.39, 0.29) is 11.3 Å². The molecule has 0 radical (unpaired) electrons. The number of hydrogen-bond donors (Lipinski definition) is 0. The Bertz CT molecular complexity index is 624. The summed E-state index contributed by atoms with van der Waals surface area (Å²) in [5, 5.41) is 4.10. The summed E-state index contributed by atoms with van der Waals surface area (Å²) in [7, 11) is 0. The monoisotopic (exact) mass is 286 g/mol. The Balaban J connectivity index is 2.47. The number of hydrogen-bond acceptors (Lipinski definition) is 3. The molecule has 0 fully saturated rings. The molecule has 0 N–H and O–H groups in total. The highest BCUT2D eigenvalue weighted by Crippen LogP contribution is 2.29. The first-order chi connectivity index (χ1) is 9.86. The third kappa shape index (κ3) is 2.99. The van der Waals surface area contributed by atoms with Gasteiger partial charge in [0, 0.05) is 17.6 Å². The van der Waals surface area contributed by atoms with Crippen LogP contribution in [-0.2, 0) is 5.41 Å². The third-order valence-electron chi connectivity index (χ3n) is 3.42. The molecule has 0 aliphatic rings. The summed E-state index contributed by atoms with van der Waals surface area (Å²) in [6.45, 7) is 10.4. The van der Waals surface area contributed by atoms with Gasteiger partial charge in [-0.05, 0) is 26.0 Å². The maximum atomic E-state index is 13.0. The molecule has 0 bridgehead atoms. The number of anilines is 1. The molecule has 0 unspecified atom stereocenters. The van der Waals surface area contributed by atoms with Crippen LogP contribution in [0.25, 0.3) is 0 Å². The Morgan fingerprint density at radius 1 is 1.24 bits per heavy atom. The Kier molecular flexibility index (Phi) is 4.16. The van der Waals surface area contributed by atoms with Crippen LogP contribution < -0.4 is 4.90 Å². The molecular weight excluding hydrogens is 264 g/mol. The molecule has 2 aromatic rings. The van der Waals surface area contributed by atoms with Crippen molar-refractivity contribution < 1.29 is 9.32 Å². The summed E-state index contributed by atoms with van der Waals surface area (Å²) < 4.78 is 5.28. The molecule has 112 valence electrons. The minimum atomic E-state index is -0.237. The third-order valence-corrected chi connectivity index (χ3v) is 3.42. The van der Waals surface area contributed by atoms with Crippen molar-refractivity contribution in [3.8, 4) is 0 Å². The molecule has 1 aromatic heterocycles. The van der Waals surface area contributed by atoms with Gasteiger partial charge in [-0.1, -0.05) is 44.1 Å². The van der Waals surface area contributed by atoms with Crippen molar-refractivity contribution >= 4 is 11.6 Å². The maximum absolute atomic E-state index is 13.0. The summed E-state index contributed by atoms with van der Waals surface area (Å²) >= 11 is 0. The number of aryl methyl sites for hydroxylation is 1. The zero-order chi connectivity index (χ0) is 15.6. The maximum Gasteiger partial charge on any atom is 0.263 e. The van der Waals surface area contributed by atoms with Crippen LogP contribution in [0.1, 0.15) is 49.5 Å². The van der Waals surface area contributed by atoms with E-state index in [0.29, 0.717) is 23.6 Å². The van der Waals surface area contributed by atoms with Crippen molar-refractivity contribution in [1.82, 2.24) is 5.16 Å². The standard InChI is InChI=1S/C17H22N2O2/c1-6-19(13-10-8-7-9-11-13)16(20)14-12(2)21-18-15(14)17(3,4)5/h7-11H,6H2,1-5H3. The van der Waals surface area contributed by atoms with E-state index >= 15 is 0 Å². The summed E-state index contributed by atoms with van der Waals surface area (Å²) in [5.41, 5.74) is 1.93. The van der Waals surface area contributed by atoms with Gasteiger partial charge in [0.15, 0.2) is 0 Å². The van der Waals surface area contributed by atoms with Crippen LogP contribution in [0.15, 0.2) is 34.9 Å². The molecule has 1 aromatic carbocycles. The Morgan fingerprint density at radius 3 is 2.38 bits per heavy atom. The second kappa shape index (κ2) is 5.72. The van der Waals surface area contributed by atoms with E-state index in [9.17, 15) is 4.79 Å². The second-order valence-corrected chi connectivity index (χ2v) is 6.10. The topological polar surface area (TPSA) is 46.3 Å². The molecule has 0 atom stereocenters.